The van der Waals surface area contributed by atoms with Crippen molar-refractivity contribution >= 4 is 23.0 Å². The zero-order chi connectivity index (χ0) is 19.8. The molecular weight excluding hydrogens is 362 g/mol. The van der Waals surface area contributed by atoms with Gasteiger partial charge < -0.3 is 26.3 Å². The first-order chi connectivity index (χ1) is 12.7. The molecule has 27 heavy (non-hydrogen) atoms. The van der Waals surface area contributed by atoms with Gasteiger partial charge in [-0.05, 0) is 49.9 Å². The summed E-state index contributed by atoms with van der Waals surface area (Å²) in [6, 6.07) is 8.41. The Bertz CT molecular complexity index is 875. The second-order valence-electron chi connectivity index (χ2n) is 7.19. The van der Waals surface area contributed by atoms with Crippen LogP contribution in [0.3, 0.4) is 0 Å². The molecule has 1 aliphatic rings. The third kappa shape index (κ3) is 3.94. The van der Waals surface area contributed by atoms with Gasteiger partial charge in [-0.2, -0.15) is 0 Å². The fraction of sp³-hybridized carbons (Fsp3) is 0.350. The fourth-order valence-corrected chi connectivity index (χ4v) is 3.77. The maximum Gasteiger partial charge on any atom is 0.328 e. The standard InChI is InChI=1S/C20H25N3O3S/c1-11(16-6-5-9-27-16)20(3,4)26-19(24)17(21)13-7-8-15-14(10-13)23-18(22)12(2)25-15/h5-11,17,23H,21-22H2,1-4H3. The molecule has 1 aliphatic heterocycles. The van der Waals surface area contributed by atoms with E-state index >= 15 is 0 Å². The van der Waals surface area contributed by atoms with Gasteiger partial charge in [0.05, 0.1) is 5.69 Å². The molecule has 0 saturated carbocycles. The van der Waals surface area contributed by atoms with Crippen LogP contribution in [0.1, 0.15) is 50.1 Å². The minimum atomic E-state index is -0.903. The number of benzene rings is 1. The first kappa shape index (κ1) is 19.3. The van der Waals surface area contributed by atoms with Crippen LogP contribution >= 0.6 is 11.3 Å². The number of allylic oxidation sites excluding steroid dienone is 1. The molecule has 3 rings (SSSR count). The third-order valence-electron chi connectivity index (χ3n) is 4.90. The molecule has 2 aromatic rings. The van der Waals surface area contributed by atoms with E-state index in [4.69, 9.17) is 20.9 Å². The van der Waals surface area contributed by atoms with E-state index in [1.54, 1.807) is 36.5 Å². The molecule has 5 N–H and O–H groups in total. The molecule has 0 aliphatic carbocycles. The lowest BCUT2D eigenvalue weighted by Crippen LogP contribution is -2.37. The summed E-state index contributed by atoms with van der Waals surface area (Å²) in [5.74, 6) is 1.25. The van der Waals surface area contributed by atoms with Gasteiger partial charge in [0.15, 0.2) is 5.75 Å². The predicted octanol–water partition coefficient (Wildman–Crippen LogP) is 3.83. The number of carbonyl (C=O) groups excluding carboxylic acids is 1. The predicted molar refractivity (Wildman–Crippen MR) is 107 cm³/mol. The minimum Gasteiger partial charge on any atom is -0.458 e. The third-order valence-corrected chi connectivity index (χ3v) is 5.96. The monoisotopic (exact) mass is 387 g/mol. The van der Waals surface area contributed by atoms with Crippen molar-refractivity contribution in [2.45, 2.75) is 45.3 Å². The fourth-order valence-electron chi connectivity index (χ4n) is 2.81. The van der Waals surface area contributed by atoms with Crippen LogP contribution < -0.4 is 21.5 Å². The quantitative estimate of drug-likeness (QED) is 0.675. The maximum atomic E-state index is 12.7. The second-order valence-corrected chi connectivity index (χ2v) is 8.17. The number of nitrogens with two attached hydrogens (primary N) is 2. The van der Waals surface area contributed by atoms with Gasteiger partial charge in [-0.15, -0.1) is 11.3 Å². The van der Waals surface area contributed by atoms with Gasteiger partial charge in [0.1, 0.15) is 23.2 Å². The molecular formula is C20H25N3O3S. The van der Waals surface area contributed by atoms with E-state index in [1.807, 2.05) is 38.3 Å². The van der Waals surface area contributed by atoms with Gasteiger partial charge >= 0.3 is 5.97 Å². The van der Waals surface area contributed by atoms with Gasteiger partial charge in [-0.25, -0.2) is 4.79 Å². The van der Waals surface area contributed by atoms with Gasteiger partial charge in [0.2, 0.25) is 0 Å². The number of carbonyl (C=O) groups is 1. The van der Waals surface area contributed by atoms with Gasteiger partial charge in [-0.3, -0.25) is 0 Å². The first-order valence-corrected chi connectivity index (χ1v) is 9.64. The maximum absolute atomic E-state index is 12.7. The highest BCUT2D eigenvalue weighted by atomic mass is 32.1. The lowest BCUT2D eigenvalue weighted by Gasteiger charge is -2.32. The molecule has 0 saturated heterocycles. The van der Waals surface area contributed by atoms with Crippen LogP contribution in [-0.4, -0.2) is 11.6 Å². The smallest absolute Gasteiger partial charge is 0.328 e. The Labute approximate surface area is 163 Å². The summed E-state index contributed by atoms with van der Waals surface area (Å²) in [6.07, 6.45) is 0. The lowest BCUT2D eigenvalue weighted by molar-refractivity contribution is -0.160. The molecule has 7 heteroatoms. The molecule has 1 aromatic carbocycles. The van der Waals surface area contributed by atoms with Crippen molar-refractivity contribution in [3.63, 3.8) is 0 Å². The average Bonchev–Trinajstić information content (AvgIpc) is 3.15. The number of thiophene rings is 1. The number of hydrogen-bond acceptors (Lipinski definition) is 7. The van der Waals surface area contributed by atoms with E-state index in [-0.39, 0.29) is 5.92 Å². The SMILES string of the molecule is CC1=C(N)Nc2cc(C(N)C(=O)OC(C)(C)C(C)c3cccs3)ccc2O1. The van der Waals surface area contributed by atoms with Gasteiger partial charge in [-0.1, -0.05) is 19.1 Å². The molecule has 144 valence electrons. The molecule has 0 fully saturated rings. The zero-order valence-electron chi connectivity index (χ0n) is 15.9. The van der Waals surface area contributed by atoms with Crippen molar-refractivity contribution in [1.29, 1.82) is 0 Å². The molecule has 0 bridgehead atoms. The Morgan fingerprint density at radius 2 is 2.07 bits per heavy atom. The van der Waals surface area contributed by atoms with E-state index < -0.39 is 17.6 Å². The largest absolute Gasteiger partial charge is 0.458 e. The van der Waals surface area contributed by atoms with E-state index in [0.717, 1.165) is 4.88 Å². The topological polar surface area (TPSA) is 99.6 Å². The molecule has 6 nitrogen and oxygen atoms in total. The van der Waals surface area contributed by atoms with Crippen LogP contribution in [-0.2, 0) is 9.53 Å². The molecule has 0 spiro atoms. The molecule has 1 aromatic heterocycles. The summed E-state index contributed by atoms with van der Waals surface area (Å²) < 4.78 is 11.4. The highest BCUT2D eigenvalue weighted by molar-refractivity contribution is 7.10. The Balaban J connectivity index is 1.74. The number of nitrogens with one attached hydrogen (secondary N) is 1. The summed E-state index contributed by atoms with van der Waals surface area (Å²) in [4.78, 5) is 13.8. The summed E-state index contributed by atoms with van der Waals surface area (Å²) in [6.45, 7) is 7.62. The lowest BCUT2D eigenvalue weighted by atomic mass is 9.91. The van der Waals surface area contributed by atoms with Crippen LogP contribution in [0.4, 0.5) is 5.69 Å². The summed E-state index contributed by atoms with van der Waals surface area (Å²) >= 11 is 1.64. The molecule has 0 amide bonds. The average molecular weight is 388 g/mol. The first-order valence-electron chi connectivity index (χ1n) is 8.76. The van der Waals surface area contributed by atoms with E-state index in [9.17, 15) is 4.79 Å². The molecule has 2 heterocycles. The summed E-state index contributed by atoms with van der Waals surface area (Å²) in [5, 5.41) is 5.07. The number of hydrogen-bond donors (Lipinski definition) is 3. The molecule has 2 atom stereocenters. The highest BCUT2D eigenvalue weighted by Gasteiger charge is 2.34. The second kappa shape index (κ2) is 7.25. The zero-order valence-corrected chi connectivity index (χ0v) is 16.7. The molecule has 0 radical (unpaired) electrons. The Morgan fingerprint density at radius 1 is 1.33 bits per heavy atom. The number of esters is 1. The van der Waals surface area contributed by atoms with Crippen LogP contribution in [0.25, 0.3) is 0 Å². The van der Waals surface area contributed by atoms with Crippen molar-refractivity contribution in [2.24, 2.45) is 11.5 Å². The van der Waals surface area contributed by atoms with Crippen molar-refractivity contribution in [2.75, 3.05) is 5.32 Å². The number of ether oxygens (including phenoxy) is 2. The van der Waals surface area contributed by atoms with Gasteiger partial charge in [0, 0.05) is 10.8 Å². The number of fused-ring (bicyclic) bond motifs is 1. The van der Waals surface area contributed by atoms with E-state index in [0.29, 0.717) is 28.6 Å². The Kier molecular flexibility index (Phi) is 5.17. The van der Waals surface area contributed by atoms with Crippen LogP contribution in [0.5, 0.6) is 5.75 Å². The van der Waals surface area contributed by atoms with Crippen molar-refractivity contribution in [1.82, 2.24) is 0 Å². The summed E-state index contributed by atoms with van der Waals surface area (Å²) in [7, 11) is 0. The minimum absolute atomic E-state index is 0.0557. The van der Waals surface area contributed by atoms with Crippen LogP contribution in [0.15, 0.2) is 47.3 Å². The van der Waals surface area contributed by atoms with E-state index in [1.165, 1.54) is 0 Å². The molecule has 2 unspecified atom stereocenters. The Morgan fingerprint density at radius 3 is 2.74 bits per heavy atom. The van der Waals surface area contributed by atoms with Crippen molar-refractivity contribution in [3.05, 3.63) is 57.7 Å². The van der Waals surface area contributed by atoms with E-state index in [2.05, 4.69) is 5.32 Å². The van der Waals surface area contributed by atoms with Crippen molar-refractivity contribution in [3.8, 4) is 5.75 Å². The highest BCUT2D eigenvalue weighted by Crippen LogP contribution is 2.36. The normalized spacial score (nSPS) is 16.0. The van der Waals surface area contributed by atoms with Crippen molar-refractivity contribution < 1.29 is 14.3 Å². The van der Waals surface area contributed by atoms with Gasteiger partial charge in [0.25, 0.3) is 0 Å². The van der Waals surface area contributed by atoms with Crippen LogP contribution in [0, 0.1) is 0 Å². The number of anilines is 1. The number of rotatable bonds is 5. The Hall–Kier alpha value is -2.51. The van der Waals surface area contributed by atoms with Crippen LogP contribution in [0.2, 0.25) is 0 Å². The summed E-state index contributed by atoms with van der Waals surface area (Å²) in [5.41, 5.74) is 12.7.